The molecule has 2 rings (SSSR count). The molecule has 15 nitrogen and oxygen atoms in total. The molecule has 0 aliphatic carbocycles. The summed E-state index contributed by atoms with van der Waals surface area (Å²) in [4.78, 5) is 49.6. The Kier molecular flexibility index (Phi) is 7.64. The highest BCUT2D eigenvalue weighted by Crippen LogP contribution is 2.66. The van der Waals surface area contributed by atoms with E-state index in [0.717, 1.165) is 6.20 Å². The van der Waals surface area contributed by atoms with Crippen molar-refractivity contribution in [1.82, 2.24) is 9.55 Å². The zero-order valence-electron chi connectivity index (χ0n) is 14.7. The van der Waals surface area contributed by atoms with Crippen molar-refractivity contribution < 1.29 is 60.6 Å². The number of hydrogen-bond acceptors (Lipinski definition) is 10. The number of aromatic amines is 1. The van der Waals surface area contributed by atoms with E-state index in [0.29, 0.717) is 4.57 Å². The number of phosphoric acid groups is 3. The van der Waals surface area contributed by atoms with Gasteiger partial charge in [-0.3, -0.25) is 14.1 Å². The van der Waals surface area contributed by atoms with Crippen LogP contribution in [0.25, 0.3) is 0 Å². The van der Waals surface area contributed by atoms with Crippen LogP contribution in [0.2, 0.25) is 0 Å². The van der Waals surface area contributed by atoms with E-state index in [1.807, 2.05) is 0 Å². The zero-order valence-corrected chi connectivity index (χ0v) is 18.2. The molecule has 174 valence electrons. The topological polar surface area (TPSA) is 227 Å². The molecule has 1 aromatic heterocycles. The zero-order chi connectivity index (χ0) is 23.8. The second kappa shape index (κ2) is 9.05. The van der Waals surface area contributed by atoms with Gasteiger partial charge in [0, 0.05) is 6.20 Å². The summed E-state index contributed by atoms with van der Waals surface area (Å²) in [6, 6.07) is 1.18. The fourth-order valence-electron chi connectivity index (χ4n) is 2.39. The SMILES string of the molecule is C#C[C@@]1(F)C(O)[C@@H](COP(=O)(O)OP(=O)(O)OP(=O)(O)O)O[C@H]1n1ccc(=S)[nH]c1=O. The van der Waals surface area contributed by atoms with E-state index in [9.17, 15) is 28.5 Å². The minimum atomic E-state index is -5.79. The molecule has 2 heterocycles. The first-order valence-corrected chi connectivity index (χ1v) is 12.5. The summed E-state index contributed by atoms with van der Waals surface area (Å²) >= 11 is 4.74. The average Bonchev–Trinajstić information content (AvgIpc) is 2.82. The predicted molar refractivity (Wildman–Crippen MR) is 98.3 cm³/mol. The van der Waals surface area contributed by atoms with Gasteiger partial charge < -0.3 is 29.4 Å². The van der Waals surface area contributed by atoms with Crippen LogP contribution >= 0.6 is 35.7 Å². The standard InChI is InChI=1S/C11H14FN2O13P3S/c1-2-11(12)8(15)6(25-9(11)14-4-3-7(31)13-10(14)16)5-24-29(20,21)27-30(22,23)26-28(17,18)19/h1,3-4,6,8-9,15H,5H2,(H,20,21)(H,22,23)(H,13,16,31)(H2,17,18,19)/t6-,8?,9-,11-/m1/s1. The van der Waals surface area contributed by atoms with Gasteiger partial charge in [-0.05, 0) is 6.07 Å². The van der Waals surface area contributed by atoms with Crippen molar-refractivity contribution in [3.05, 3.63) is 27.4 Å². The first-order chi connectivity index (χ1) is 14.0. The van der Waals surface area contributed by atoms with Gasteiger partial charge in [0.1, 0.15) is 16.8 Å². The minimum Gasteiger partial charge on any atom is -0.386 e. The fourth-order valence-corrected chi connectivity index (χ4v) is 5.57. The van der Waals surface area contributed by atoms with Gasteiger partial charge in [0.2, 0.25) is 5.67 Å². The normalized spacial score (nSPS) is 30.3. The van der Waals surface area contributed by atoms with Crippen LogP contribution in [0.5, 0.6) is 0 Å². The summed E-state index contributed by atoms with van der Waals surface area (Å²) in [5.74, 6) is 1.62. The molecule has 3 unspecified atom stereocenters. The van der Waals surface area contributed by atoms with Crippen LogP contribution in [-0.4, -0.2) is 58.7 Å². The van der Waals surface area contributed by atoms with Crippen molar-refractivity contribution in [3.63, 3.8) is 0 Å². The number of phosphoric ester groups is 1. The van der Waals surface area contributed by atoms with Gasteiger partial charge in [-0.25, -0.2) is 22.9 Å². The Balaban J connectivity index is 2.19. The number of H-pyrrole nitrogens is 1. The van der Waals surface area contributed by atoms with Crippen molar-refractivity contribution in [3.8, 4) is 12.3 Å². The molecule has 6 atom stereocenters. The average molecular weight is 526 g/mol. The molecule has 1 aliphatic rings. The summed E-state index contributed by atoms with van der Waals surface area (Å²) < 4.78 is 65.9. The van der Waals surface area contributed by atoms with E-state index in [1.54, 1.807) is 5.92 Å². The number of terminal acetylenes is 1. The molecule has 6 N–H and O–H groups in total. The van der Waals surface area contributed by atoms with Crippen molar-refractivity contribution in [2.45, 2.75) is 24.1 Å². The van der Waals surface area contributed by atoms with Gasteiger partial charge in [-0.2, -0.15) is 8.62 Å². The maximum atomic E-state index is 15.2. The Hall–Kier alpha value is -1.08. The second-order valence-corrected chi connectivity index (χ2v) is 10.6. The summed E-state index contributed by atoms with van der Waals surface area (Å²) in [5, 5.41) is 10.2. The van der Waals surface area contributed by atoms with Crippen LogP contribution < -0.4 is 5.69 Å². The Morgan fingerprint density at radius 2 is 1.90 bits per heavy atom. The van der Waals surface area contributed by atoms with Crippen molar-refractivity contribution in [1.29, 1.82) is 0 Å². The lowest BCUT2D eigenvalue weighted by Gasteiger charge is -2.23. The fraction of sp³-hybridized carbons (Fsp3) is 0.455. The number of halogens is 1. The molecule has 1 aliphatic heterocycles. The molecule has 31 heavy (non-hydrogen) atoms. The molecule has 0 bridgehead atoms. The van der Waals surface area contributed by atoms with Gasteiger partial charge >= 0.3 is 29.2 Å². The van der Waals surface area contributed by atoms with E-state index < -0.39 is 59.9 Å². The first-order valence-electron chi connectivity index (χ1n) is 7.60. The van der Waals surface area contributed by atoms with Gasteiger partial charge in [0.25, 0.3) is 0 Å². The number of aromatic nitrogens is 2. The van der Waals surface area contributed by atoms with Gasteiger partial charge in [-0.1, -0.05) is 18.1 Å². The van der Waals surface area contributed by atoms with Crippen LogP contribution in [0.4, 0.5) is 4.39 Å². The van der Waals surface area contributed by atoms with E-state index in [-0.39, 0.29) is 4.64 Å². The summed E-state index contributed by atoms with van der Waals surface area (Å²) in [6.45, 7) is -1.19. The Morgan fingerprint density at radius 3 is 2.42 bits per heavy atom. The number of hydrogen-bond donors (Lipinski definition) is 6. The van der Waals surface area contributed by atoms with Gasteiger partial charge in [-0.15, -0.1) is 6.42 Å². The number of alkyl halides is 1. The van der Waals surface area contributed by atoms with E-state index in [1.165, 1.54) is 6.07 Å². The Bertz CT molecular complexity index is 1140. The number of rotatable bonds is 8. The van der Waals surface area contributed by atoms with Crippen molar-refractivity contribution in [2.24, 2.45) is 0 Å². The van der Waals surface area contributed by atoms with Crippen LogP contribution in [0.1, 0.15) is 6.23 Å². The van der Waals surface area contributed by atoms with Crippen molar-refractivity contribution >= 4 is 35.7 Å². The molecule has 20 heteroatoms. The molecule has 0 aromatic carbocycles. The predicted octanol–water partition coefficient (Wildman–Crippen LogP) is -0.151. The van der Waals surface area contributed by atoms with E-state index in [4.69, 9.17) is 38.1 Å². The third-order valence-corrected chi connectivity index (χ3v) is 7.63. The van der Waals surface area contributed by atoms with E-state index in [2.05, 4.69) is 18.1 Å². The smallest absolute Gasteiger partial charge is 0.386 e. The van der Waals surface area contributed by atoms with Crippen LogP contribution in [0, 0.1) is 17.0 Å². The minimum absolute atomic E-state index is 0.00540. The number of aliphatic hydroxyl groups excluding tert-OH is 1. The van der Waals surface area contributed by atoms with Gasteiger partial charge in [0.15, 0.2) is 6.23 Å². The molecular formula is C11H14FN2O13P3S. The third-order valence-electron chi connectivity index (χ3n) is 3.59. The lowest BCUT2D eigenvalue weighted by atomic mass is 9.97. The second-order valence-electron chi connectivity index (χ2n) is 5.79. The summed E-state index contributed by atoms with van der Waals surface area (Å²) in [7, 11) is -17.0. The number of nitrogens with one attached hydrogen (secondary N) is 1. The van der Waals surface area contributed by atoms with Crippen LogP contribution in [-0.2, 0) is 31.6 Å². The molecule has 0 amide bonds. The van der Waals surface area contributed by atoms with Crippen LogP contribution in [0.15, 0.2) is 17.1 Å². The highest BCUT2D eigenvalue weighted by molar-refractivity contribution is 7.71. The highest BCUT2D eigenvalue weighted by Gasteiger charge is 2.58. The third kappa shape index (κ3) is 6.47. The Morgan fingerprint density at radius 1 is 1.29 bits per heavy atom. The number of ether oxygens (including phenoxy) is 1. The molecule has 0 radical (unpaired) electrons. The summed E-state index contributed by atoms with van der Waals surface area (Å²) in [5.41, 5.74) is -4.00. The molecule has 0 saturated carbocycles. The first kappa shape index (κ1) is 26.2. The monoisotopic (exact) mass is 526 g/mol. The molecule has 0 spiro atoms. The highest BCUT2D eigenvalue weighted by atomic mass is 32.1. The van der Waals surface area contributed by atoms with Gasteiger partial charge in [0.05, 0.1) is 6.61 Å². The maximum absolute atomic E-state index is 15.2. The molecular weight excluding hydrogens is 512 g/mol. The lowest BCUT2D eigenvalue weighted by molar-refractivity contribution is -0.0534. The van der Waals surface area contributed by atoms with Crippen LogP contribution in [0.3, 0.4) is 0 Å². The molecule has 1 fully saturated rings. The maximum Gasteiger partial charge on any atom is 0.490 e. The molecule has 1 aromatic rings. The summed E-state index contributed by atoms with van der Waals surface area (Å²) in [6.07, 6.45) is 0.131. The number of aliphatic hydroxyl groups is 1. The molecule has 1 saturated heterocycles. The quantitative estimate of drug-likeness (QED) is 0.147. The Labute approximate surface area is 176 Å². The lowest BCUT2D eigenvalue weighted by Crippen LogP contribution is -2.44. The van der Waals surface area contributed by atoms with E-state index >= 15 is 4.39 Å². The van der Waals surface area contributed by atoms with Crippen molar-refractivity contribution in [2.75, 3.05) is 6.61 Å². The number of nitrogens with zero attached hydrogens (tertiary/aromatic N) is 1. The largest absolute Gasteiger partial charge is 0.490 e.